The second-order valence-corrected chi connectivity index (χ2v) is 6.78. The van der Waals surface area contributed by atoms with Crippen molar-refractivity contribution in [2.75, 3.05) is 13.1 Å². The van der Waals surface area contributed by atoms with Gasteiger partial charge in [0, 0.05) is 50.4 Å². The Hall–Kier alpha value is -3.41. The lowest BCUT2D eigenvalue weighted by Crippen LogP contribution is -2.29. The molecule has 3 aromatic rings. The number of aromatic nitrogens is 2. The molecule has 0 saturated carbocycles. The van der Waals surface area contributed by atoms with Gasteiger partial charge in [0.1, 0.15) is 5.82 Å². The van der Waals surface area contributed by atoms with E-state index in [1.165, 1.54) is 5.56 Å². The van der Waals surface area contributed by atoms with E-state index >= 15 is 0 Å². The van der Waals surface area contributed by atoms with Crippen LogP contribution in [-0.4, -0.2) is 34.5 Å². The molecule has 2 N–H and O–H groups in total. The quantitative estimate of drug-likeness (QED) is 0.523. The van der Waals surface area contributed by atoms with Gasteiger partial charge in [-0.15, -0.1) is 0 Å². The Labute approximate surface area is 171 Å². The maximum atomic E-state index is 12.0. The Bertz CT molecular complexity index is 907. The number of hydrogen-bond acceptors (Lipinski definition) is 3. The fourth-order valence-corrected chi connectivity index (χ4v) is 3.04. The third-order valence-corrected chi connectivity index (χ3v) is 4.57. The van der Waals surface area contributed by atoms with Gasteiger partial charge in [-0.3, -0.25) is 9.59 Å². The van der Waals surface area contributed by atoms with Crippen molar-refractivity contribution in [3.05, 3.63) is 90.0 Å². The summed E-state index contributed by atoms with van der Waals surface area (Å²) < 4.78 is 2.10. The van der Waals surface area contributed by atoms with Gasteiger partial charge in [0.2, 0.25) is 5.91 Å². The van der Waals surface area contributed by atoms with E-state index in [0.717, 1.165) is 12.4 Å². The summed E-state index contributed by atoms with van der Waals surface area (Å²) in [6, 6.07) is 19.3. The van der Waals surface area contributed by atoms with E-state index < -0.39 is 0 Å². The predicted molar refractivity (Wildman–Crippen MR) is 112 cm³/mol. The summed E-state index contributed by atoms with van der Waals surface area (Å²) >= 11 is 0. The van der Waals surface area contributed by atoms with Crippen LogP contribution >= 0.6 is 0 Å². The van der Waals surface area contributed by atoms with Crippen molar-refractivity contribution < 1.29 is 9.59 Å². The zero-order chi connectivity index (χ0) is 20.3. The van der Waals surface area contributed by atoms with Gasteiger partial charge in [-0.05, 0) is 24.1 Å². The van der Waals surface area contributed by atoms with Crippen molar-refractivity contribution in [1.29, 1.82) is 0 Å². The predicted octanol–water partition coefficient (Wildman–Crippen LogP) is 2.80. The number of hydrogen-bond donors (Lipinski definition) is 2. The first kappa shape index (κ1) is 20.3. The molecule has 0 radical (unpaired) electrons. The molecule has 0 aliphatic rings. The van der Waals surface area contributed by atoms with Gasteiger partial charge in [-0.1, -0.05) is 48.5 Å². The zero-order valence-electron chi connectivity index (χ0n) is 16.4. The van der Waals surface area contributed by atoms with Crippen molar-refractivity contribution in [2.45, 2.75) is 25.8 Å². The molecule has 0 saturated heterocycles. The van der Waals surface area contributed by atoms with E-state index in [9.17, 15) is 9.59 Å². The highest BCUT2D eigenvalue weighted by molar-refractivity contribution is 5.94. The first-order chi connectivity index (χ1) is 14.2. The van der Waals surface area contributed by atoms with Crippen LogP contribution in [-0.2, 0) is 17.8 Å². The third kappa shape index (κ3) is 6.60. The van der Waals surface area contributed by atoms with Crippen molar-refractivity contribution in [3.63, 3.8) is 0 Å². The van der Waals surface area contributed by atoms with Crippen LogP contribution in [0.2, 0.25) is 0 Å². The molecule has 1 heterocycles. The summed E-state index contributed by atoms with van der Waals surface area (Å²) in [5.41, 5.74) is 1.84. The van der Waals surface area contributed by atoms with Gasteiger partial charge in [-0.2, -0.15) is 0 Å². The summed E-state index contributed by atoms with van der Waals surface area (Å²) in [5.74, 6) is 0.820. The minimum atomic E-state index is -0.115. The molecule has 29 heavy (non-hydrogen) atoms. The highest BCUT2D eigenvalue weighted by atomic mass is 16.2. The molecule has 2 amide bonds. The number of carbonyl (C=O) groups is 2. The lowest BCUT2D eigenvalue weighted by Gasteiger charge is -2.09. The average Bonchev–Trinajstić information content (AvgIpc) is 3.19. The Morgan fingerprint density at radius 1 is 0.897 bits per heavy atom. The van der Waals surface area contributed by atoms with Crippen LogP contribution in [0.15, 0.2) is 73.1 Å². The molecular weight excluding hydrogens is 364 g/mol. The molecule has 3 rings (SSSR count). The molecule has 0 unspecified atom stereocenters. The van der Waals surface area contributed by atoms with Gasteiger partial charge in [0.05, 0.1) is 0 Å². The number of nitrogens with one attached hydrogen (secondary N) is 2. The molecule has 0 spiro atoms. The van der Waals surface area contributed by atoms with Crippen LogP contribution < -0.4 is 10.6 Å². The van der Waals surface area contributed by atoms with Crippen LogP contribution in [0.1, 0.15) is 34.6 Å². The Morgan fingerprint density at radius 2 is 1.62 bits per heavy atom. The number of amides is 2. The molecule has 1 aromatic heterocycles. The Balaban J connectivity index is 1.32. The molecule has 6 heteroatoms. The SMILES string of the molecule is O=C(CCCNC(=O)c1ccccc1)NCCc1nccn1Cc1ccccc1. The molecule has 150 valence electrons. The number of rotatable bonds is 10. The second-order valence-electron chi connectivity index (χ2n) is 6.78. The first-order valence-corrected chi connectivity index (χ1v) is 9.86. The van der Waals surface area contributed by atoms with Gasteiger partial charge in [0.15, 0.2) is 0 Å². The lowest BCUT2D eigenvalue weighted by molar-refractivity contribution is -0.121. The van der Waals surface area contributed by atoms with Gasteiger partial charge < -0.3 is 15.2 Å². The van der Waals surface area contributed by atoms with Crippen LogP contribution in [0, 0.1) is 0 Å². The van der Waals surface area contributed by atoms with Gasteiger partial charge in [-0.25, -0.2) is 4.98 Å². The molecule has 0 aliphatic heterocycles. The second kappa shape index (κ2) is 10.8. The van der Waals surface area contributed by atoms with E-state index in [1.807, 2.05) is 42.6 Å². The summed E-state index contributed by atoms with van der Waals surface area (Å²) in [4.78, 5) is 28.3. The standard InChI is InChI=1S/C23H26N4O2/c28-22(12-7-14-26-23(29)20-10-5-2-6-11-20)25-15-13-21-24-16-17-27(21)18-19-8-3-1-4-9-19/h1-6,8-11,16-17H,7,12-15,18H2,(H,25,28)(H,26,29). The van der Waals surface area contributed by atoms with E-state index in [0.29, 0.717) is 37.9 Å². The van der Waals surface area contributed by atoms with Crippen LogP contribution in [0.25, 0.3) is 0 Å². The highest BCUT2D eigenvalue weighted by Crippen LogP contribution is 2.06. The number of benzene rings is 2. The molecule has 0 fully saturated rings. The van der Waals surface area contributed by atoms with Crippen molar-refractivity contribution >= 4 is 11.8 Å². The van der Waals surface area contributed by atoms with Gasteiger partial charge in [0.25, 0.3) is 5.91 Å². The number of nitrogens with zero attached hydrogens (tertiary/aromatic N) is 2. The smallest absolute Gasteiger partial charge is 0.251 e. The molecule has 0 aliphatic carbocycles. The summed E-state index contributed by atoms with van der Waals surface area (Å²) in [6.45, 7) is 1.79. The largest absolute Gasteiger partial charge is 0.356 e. The molecular formula is C23H26N4O2. The number of carbonyl (C=O) groups excluding carboxylic acids is 2. The minimum Gasteiger partial charge on any atom is -0.356 e. The lowest BCUT2D eigenvalue weighted by atomic mass is 10.2. The Kier molecular flexibility index (Phi) is 7.57. The molecule has 6 nitrogen and oxygen atoms in total. The average molecular weight is 390 g/mol. The summed E-state index contributed by atoms with van der Waals surface area (Å²) in [5, 5.41) is 5.76. The molecule has 2 aromatic carbocycles. The molecule has 0 bridgehead atoms. The van der Waals surface area contributed by atoms with Crippen molar-refractivity contribution in [2.24, 2.45) is 0 Å². The third-order valence-electron chi connectivity index (χ3n) is 4.57. The highest BCUT2D eigenvalue weighted by Gasteiger charge is 2.07. The molecule has 0 atom stereocenters. The monoisotopic (exact) mass is 390 g/mol. The van der Waals surface area contributed by atoms with E-state index in [2.05, 4.69) is 32.3 Å². The van der Waals surface area contributed by atoms with Crippen LogP contribution in [0.3, 0.4) is 0 Å². The maximum absolute atomic E-state index is 12.0. The fraction of sp³-hybridized carbons (Fsp3) is 0.261. The van der Waals surface area contributed by atoms with E-state index in [1.54, 1.807) is 18.3 Å². The van der Waals surface area contributed by atoms with E-state index in [4.69, 9.17) is 0 Å². The maximum Gasteiger partial charge on any atom is 0.251 e. The number of imidazole rings is 1. The topological polar surface area (TPSA) is 76.0 Å². The minimum absolute atomic E-state index is 0.0138. The van der Waals surface area contributed by atoms with E-state index in [-0.39, 0.29) is 11.8 Å². The Morgan fingerprint density at radius 3 is 2.38 bits per heavy atom. The summed E-state index contributed by atoms with van der Waals surface area (Å²) in [6.07, 6.45) is 5.41. The van der Waals surface area contributed by atoms with Gasteiger partial charge >= 0.3 is 0 Å². The normalized spacial score (nSPS) is 10.5. The van der Waals surface area contributed by atoms with Crippen LogP contribution in [0.5, 0.6) is 0 Å². The van der Waals surface area contributed by atoms with Crippen molar-refractivity contribution in [3.8, 4) is 0 Å². The summed E-state index contributed by atoms with van der Waals surface area (Å²) in [7, 11) is 0. The van der Waals surface area contributed by atoms with Crippen molar-refractivity contribution in [1.82, 2.24) is 20.2 Å². The zero-order valence-corrected chi connectivity index (χ0v) is 16.4. The van der Waals surface area contributed by atoms with Crippen LogP contribution in [0.4, 0.5) is 0 Å². The first-order valence-electron chi connectivity index (χ1n) is 9.86. The fourth-order valence-electron chi connectivity index (χ4n) is 3.04.